The van der Waals surface area contributed by atoms with Crippen LogP contribution in [-0.2, 0) is 0 Å². The Hall–Kier alpha value is -11.1. The van der Waals surface area contributed by atoms with E-state index in [1.807, 2.05) is 41.3 Å². The highest BCUT2D eigenvalue weighted by Crippen LogP contribution is 2.44. The van der Waals surface area contributed by atoms with Gasteiger partial charge in [0.25, 0.3) is 0 Å². The van der Waals surface area contributed by atoms with E-state index in [4.69, 9.17) is 33.9 Å². The molecule has 13 nitrogen and oxygen atoms in total. The summed E-state index contributed by atoms with van der Waals surface area (Å²) in [5.41, 5.74) is 5.76. The molecule has 0 saturated carbocycles. The van der Waals surface area contributed by atoms with Gasteiger partial charge in [-0.1, -0.05) is 133 Å². The molecule has 1 unspecified atom stereocenters. The van der Waals surface area contributed by atoms with E-state index in [9.17, 15) is 24.4 Å². The lowest BCUT2D eigenvalue weighted by Gasteiger charge is -2.29. The first kappa shape index (κ1) is 49.1. The third-order valence-corrected chi connectivity index (χ3v) is 12.6. The highest BCUT2D eigenvalue weighted by atomic mass is 16.5. The number of anilines is 1. The van der Waals surface area contributed by atoms with Crippen LogP contribution in [0.15, 0.2) is 269 Å². The predicted molar refractivity (Wildman–Crippen MR) is 294 cm³/mol. The van der Waals surface area contributed by atoms with E-state index in [1.54, 1.807) is 206 Å². The largest absolute Gasteiger partial charge is 0.423 e. The molecule has 0 N–H and O–H groups in total. The maximum absolute atomic E-state index is 13.5. The number of nitriles is 1. The zero-order valence-corrected chi connectivity index (χ0v) is 41.2. The molecule has 78 heavy (non-hydrogen) atoms. The van der Waals surface area contributed by atoms with Gasteiger partial charge in [0.2, 0.25) is 0 Å². The highest BCUT2D eigenvalue weighted by molar-refractivity contribution is 6.55. The number of aliphatic imine (C=N–C) groups is 3. The first-order valence-electron chi connectivity index (χ1n) is 24.6. The fourth-order valence-corrected chi connectivity index (χ4v) is 8.76. The van der Waals surface area contributed by atoms with Crippen LogP contribution in [0.5, 0.6) is 23.0 Å². The number of rotatable bonds is 13. The van der Waals surface area contributed by atoms with Crippen LogP contribution < -0.4 is 23.8 Å². The van der Waals surface area contributed by atoms with Gasteiger partial charge in [0.1, 0.15) is 35.1 Å². The second-order valence-electron chi connectivity index (χ2n) is 17.6. The van der Waals surface area contributed by atoms with Crippen molar-refractivity contribution in [1.82, 2.24) is 0 Å². The van der Waals surface area contributed by atoms with Crippen molar-refractivity contribution < 1.29 is 38.1 Å². The van der Waals surface area contributed by atoms with Crippen molar-refractivity contribution in [2.24, 2.45) is 15.0 Å². The van der Waals surface area contributed by atoms with Crippen LogP contribution >= 0.6 is 0 Å². The smallest absolute Gasteiger partial charge is 0.343 e. The molecular formula is C65H41N5O8. The van der Waals surface area contributed by atoms with Gasteiger partial charge in [0.15, 0.2) is 11.6 Å². The standard InChI is InChI=1S/C65H41N5O8/c66-41-50-15-13-14-24-55(50)70-59(45-31-39-49(40-32-45)65(74)78-54-22-11-4-12-23-54)58(44-29-37-48(38-30-44)64(73)77-53-20-9-3-10-21-53)69-61(70)60-67-56(42-25-33-46(34-26-42)62(71)75-51-16-5-1-6-17-51)57(68-60)43-27-35-47(36-28-43)63(72)76-52-18-7-2-8-19-52/h1-40,59H. The molecule has 1 atom stereocenters. The van der Waals surface area contributed by atoms with E-state index in [1.165, 1.54) is 0 Å². The van der Waals surface area contributed by atoms with E-state index in [0.29, 0.717) is 95.9 Å². The number of benzene rings is 9. The molecule has 13 heteroatoms. The van der Waals surface area contributed by atoms with Crippen LogP contribution in [0.2, 0.25) is 0 Å². The number of ether oxygens (including phenoxy) is 4. The molecule has 9 aromatic rings. The molecule has 0 aliphatic carbocycles. The maximum atomic E-state index is 13.5. The Labute approximate surface area is 447 Å². The van der Waals surface area contributed by atoms with Crippen molar-refractivity contribution in [3.8, 4) is 29.1 Å². The molecule has 2 aliphatic heterocycles. The van der Waals surface area contributed by atoms with Crippen molar-refractivity contribution >= 4 is 46.7 Å². The molecule has 0 bridgehead atoms. The summed E-state index contributed by atoms with van der Waals surface area (Å²) in [5.74, 6) is -0.212. The van der Waals surface area contributed by atoms with Gasteiger partial charge in [-0.15, -0.1) is 0 Å². The van der Waals surface area contributed by atoms with Crippen molar-refractivity contribution in [2.75, 3.05) is 4.90 Å². The number of hydrogen-bond donors (Lipinski definition) is 0. The third-order valence-electron chi connectivity index (χ3n) is 12.6. The van der Waals surface area contributed by atoms with E-state index in [0.717, 1.165) is 0 Å². The van der Waals surface area contributed by atoms with Gasteiger partial charge < -0.3 is 23.8 Å². The molecule has 0 aromatic heterocycles. The summed E-state index contributed by atoms with van der Waals surface area (Å²) >= 11 is 0. The average molecular weight is 1020 g/mol. The second kappa shape index (κ2) is 22.2. The minimum absolute atomic E-state index is 0.166. The molecule has 374 valence electrons. The number of esters is 4. The molecule has 0 spiro atoms. The highest BCUT2D eigenvalue weighted by Gasteiger charge is 2.40. The second-order valence-corrected chi connectivity index (χ2v) is 17.6. The van der Waals surface area contributed by atoms with Gasteiger partial charge in [-0.05, 0) is 120 Å². The van der Waals surface area contributed by atoms with Crippen LogP contribution in [0, 0.1) is 11.3 Å². The number of nitrogens with zero attached hydrogens (tertiary/aromatic N) is 5. The summed E-state index contributed by atoms with van der Waals surface area (Å²) in [6, 6.07) is 71.1. The first-order valence-corrected chi connectivity index (χ1v) is 24.6. The van der Waals surface area contributed by atoms with Crippen LogP contribution in [0.1, 0.15) is 75.3 Å². The van der Waals surface area contributed by atoms with Gasteiger partial charge in [0, 0.05) is 11.1 Å². The Morgan fingerprint density at radius 1 is 0.385 bits per heavy atom. The lowest BCUT2D eigenvalue weighted by Crippen LogP contribution is -2.29. The molecule has 0 amide bonds. The first-order chi connectivity index (χ1) is 38.3. The quantitative estimate of drug-likeness (QED) is 0.0800. The molecule has 11 rings (SSSR count). The molecular weight excluding hydrogens is 979 g/mol. The SMILES string of the molecule is N#Cc1ccccc1N1C(=C2N=C(c3ccc(C(=O)Oc4ccccc4)cc3)C(c3ccc(C(=O)Oc4ccccc4)cc3)=N2)N=C(c2ccc(C(=O)Oc3ccccc3)cc2)C1c1ccc(C(=O)Oc2ccccc2)cc1. The Bertz CT molecular complexity index is 3780. The van der Waals surface area contributed by atoms with Crippen molar-refractivity contribution in [1.29, 1.82) is 5.26 Å². The minimum atomic E-state index is -0.786. The van der Waals surface area contributed by atoms with Crippen LogP contribution in [0.25, 0.3) is 0 Å². The van der Waals surface area contributed by atoms with Crippen LogP contribution in [0.3, 0.4) is 0 Å². The average Bonchev–Trinajstić information content (AvgIpc) is 4.29. The summed E-state index contributed by atoms with van der Waals surface area (Å²) in [6.07, 6.45) is 0. The predicted octanol–water partition coefficient (Wildman–Crippen LogP) is 12.6. The summed E-state index contributed by atoms with van der Waals surface area (Å²) in [7, 11) is 0. The van der Waals surface area contributed by atoms with Crippen molar-refractivity contribution in [3.63, 3.8) is 0 Å². The minimum Gasteiger partial charge on any atom is -0.423 e. The van der Waals surface area contributed by atoms with E-state index in [-0.39, 0.29) is 11.6 Å². The maximum Gasteiger partial charge on any atom is 0.343 e. The van der Waals surface area contributed by atoms with Gasteiger partial charge in [-0.2, -0.15) is 5.26 Å². The number of hydrogen-bond acceptors (Lipinski definition) is 13. The lowest BCUT2D eigenvalue weighted by atomic mass is 9.94. The fourth-order valence-electron chi connectivity index (χ4n) is 8.76. The normalized spacial score (nSPS) is 13.6. The summed E-state index contributed by atoms with van der Waals surface area (Å²) in [4.78, 5) is 71.2. The number of para-hydroxylation sites is 5. The molecule has 2 heterocycles. The molecule has 9 aromatic carbocycles. The lowest BCUT2D eigenvalue weighted by molar-refractivity contribution is 0.0725. The molecule has 2 aliphatic rings. The fraction of sp³-hybridized carbons (Fsp3) is 0.0154. The Morgan fingerprint density at radius 3 is 1.09 bits per heavy atom. The van der Waals surface area contributed by atoms with Crippen LogP contribution in [-0.4, -0.2) is 41.0 Å². The zero-order chi connectivity index (χ0) is 53.4. The topological polar surface area (TPSA) is 169 Å². The van der Waals surface area contributed by atoms with Gasteiger partial charge in [0.05, 0.1) is 50.6 Å². The summed E-state index contributed by atoms with van der Waals surface area (Å²) < 4.78 is 22.6. The van der Waals surface area contributed by atoms with E-state index >= 15 is 0 Å². The summed E-state index contributed by atoms with van der Waals surface area (Å²) in [5, 5.41) is 10.7. The van der Waals surface area contributed by atoms with Gasteiger partial charge in [-0.25, -0.2) is 34.2 Å². The Kier molecular flexibility index (Phi) is 14.0. The molecule has 0 radical (unpaired) electrons. The van der Waals surface area contributed by atoms with Crippen molar-refractivity contribution in [2.45, 2.75) is 6.04 Å². The number of carbonyl (C=O) groups is 4. The monoisotopic (exact) mass is 1020 g/mol. The third kappa shape index (κ3) is 10.6. The van der Waals surface area contributed by atoms with Crippen molar-refractivity contribution in [3.05, 3.63) is 304 Å². The molecule has 0 saturated heterocycles. The van der Waals surface area contributed by atoms with E-state index in [2.05, 4.69) is 6.07 Å². The zero-order valence-electron chi connectivity index (χ0n) is 41.2. The van der Waals surface area contributed by atoms with E-state index < -0.39 is 29.9 Å². The van der Waals surface area contributed by atoms with Crippen LogP contribution in [0.4, 0.5) is 5.69 Å². The van der Waals surface area contributed by atoms with Gasteiger partial charge >= 0.3 is 23.9 Å². The molecule has 0 fully saturated rings. The summed E-state index contributed by atoms with van der Waals surface area (Å²) in [6.45, 7) is 0. The Morgan fingerprint density at radius 2 is 0.718 bits per heavy atom. The Balaban J connectivity index is 1.05. The van der Waals surface area contributed by atoms with Gasteiger partial charge in [-0.3, -0.25) is 0 Å². The number of carbonyl (C=O) groups excluding carboxylic acids is 4.